The van der Waals surface area contributed by atoms with Gasteiger partial charge in [0.1, 0.15) is 0 Å². The molecule has 0 saturated carbocycles. The largest absolute Gasteiger partial charge is 0.493 e. The molecule has 6 heteroatoms. The van der Waals surface area contributed by atoms with Gasteiger partial charge in [-0.25, -0.2) is 13.1 Å². The van der Waals surface area contributed by atoms with E-state index in [4.69, 9.17) is 9.47 Å². The molecule has 0 amide bonds. The van der Waals surface area contributed by atoms with E-state index in [0.29, 0.717) is 11.5 Å². The molecule has 0 fully saturated rings. The van der Waals surface area contributed by atoms with E-state index in [0.717, 1.165) is 0 Å². The molecular weight excluding hydrogens is 218 g/mol. The summed E-state index contributed by atoms with van der Waals surface area (Å²) in [4.78, 5) is 0.141. The van der Waals surface area contributed by atoms with Gasteiger partial charge in [-0.05, 0) is 19.2 Å². The highest BCUT2D eigenvalue weighted by molar-refractivity contribution is 7.89. The summed E-state index contributed by atoms with van der Waals surface area (Å²) in [5, 5.41) is 0. The van der Waals surface area contributed by atoms with E-state index in [-0.39, 0.29) is 4.90 Å². The van der Waals surface area contributed by atoms with Gasteiger partial charge in [0.05, 0.1) is 19.1 Å². The van der Waals surface area contributed by atoms with Crippen LogP contribution in [0.1, 0.15) is 0 Å². The molecule has 0 radical (unpaired) electrons. The maximum atomic E-state index is 11.5. The number of hydrogen-bond donors (Lipinski definition) is 1. The van der Waals surface area contributed by atoms with E-state index in [2.05, 4.69) is 4.72 Å². The van der Waals surface area contributed by atoms with Gasteiger partial charge in [0.2, 0.25) is 10.0 Å². The molecule has 1 aromatic carbocycles. The second-order valence-electron chi connectivity index (χ2n) is 2.72. The first-order valence-electron chi connectivity index (χ1n) is 4.20. The second kappa shape index (κ2) is 4.50. The lowest BCUT2D eigenvalue weighted by atomic mass is 10.3. The highest BCUT2D eigenvalue weighted by Crippen LogP contribution is 2.29. The third kappa shape index (κ3) is 2.40. The molecule has 0 aliphatic carbocycles. The molecule has 1 N–H and O–H groups in total. The van der Waals surface area contributed by atoms with E-state index in [1.165, 1.54) is 33.4 Å². The highest BCUT2D eigenvalue weighted by Gasteiger charge is 2.14. The lowest BCUT2D eigenvalue weighted by Gasteiger charge is -2.09. The van der Waals surface area contributed by atoms with Gasteiger partial charge in [0, 0.05) is 6.07 Å². The van der Waals surface area contributed by atoms with Crippen LogP contribution in [0.3, 0.4) is 0 Å². The number of rotatable bonds is 4. The van der Waals surface area contributed by atoms with Gasteiger partial charge < -0.3 is 9.47 Å². The van der Waals surface area contributed by atoms with E-state index in [1.807, 2.05) is 0 Å². The van der Waals surface area contributed by atoms with Crippen LogP contribution in [0.25, 0.3) is 0 Å². The molecule has 5 nitrogen and oxygen atoms in total. The van der Waals surface area contributed by atoms with Gasteiger partial charge in [0.25, 0.3) is 0 Å². The molecule has 0 saturated heterocycles. The molecule has 1 rings (SSSR count). The zero-order chi connectivity index (χ0) is 11.5. The Kier molecular flexibility index (Phi) is 3.54. The van der Waals surface area contributed by atoms with Crippen molar-refractivity contribution in [2.45, 2.75) is 4.90 Å². The molecule has 0 aliphatic rings. The third-order valence-electron chi connectivity index (χ3n) is 1.93. The molecule has 0 aliphatic heterocycles. The fraction of sp³-hybridized carbons (Fsp3) is 0.333. The standard InChI is InChI=1S/C9H13NO4S/c1-10-15(11,12)7-4-5-8(13-2)9(6-7)14-3/h4-6,10H,1-3H3. The number of methoxy groups -OCH3 is 2. The summed E-state index contributed by atoms with van der Waals surface area (Å²) in [5.74, 6) is 0.876. The summed E-state index contributed by atoms with van der Waals surface area (Å²) < 4.78 is 35.1. The van der Waals surface area contributed by atoms with Gasteiger partial charge in [-0.3, -0.25) is 0 Å². The van der Waals surface area contributed by atoms with Crippen molar-refractivity contribution in [3.05, 3.63) is 18.2 Å². The Balaban J connectivity index is 3.26. The minimum absolute atomic E-state index is 0.141. The summed E-state index contributed by atoms with van der Waals surface area (Å²) in [6.07, 6.45) is 0. The van der Waals surface area contributed by atoms with Crippen LogP contribution in [0.4, 0.5) is 0 Å². The zero-order valence-corrected chi connectivity index (χ0v) is 9.59. The van der Waals surface area contributed by atoms with E-state index in [9.17, 15) is 8.42 Å². The average Bonchev–Trinajstić information content (AvgIpc) is 2.28. The summed E-state index contributed by atoms with van der Waals surface area (Å²) in [6, 6.07) is 4.40. The Labute approximate surface area is 89.1 Å². The first-order chi connectivity index (χ1) is 7.05. The lowest BCUT2D eigenvalue weighted by Crippen LogP contribution is -2.18. The van der Waals surface area contributed by atoms with Crippen molar-refractivity contribution in [2.24, 2.45) is 0 Å². The molecule has 0 aromatic heterocycles. The van der Waals surface area contributed by atoms with E-state index < -0.39 is 10.0 Å². The monoisotopic (exact) mass is 231 g/mol. The SMILES string of the molecule is CNS(=O)(=O)c1ccc(OC)c(OC)c1. The smallest absolute Gasteiger partial charge is 0.240 e. The van der Waals surface area contributed by atoms with Gasteiger partial charge in [-0.2, -0.15) is 0 Å². The molecular formula is C9H13NO4S. The van der Waals surface area contributed by atoms with Crippen molar-refractivity contribution in [1.82, 2.24) is 4.72 Å². The van der Waals surface area contributed by atoms with Gasteiger partial charge in [-0.15, -0.1) is 0 Å². The van der Waals surface area contributed by atoms with E-state index >= 15 is 0 Å². The number of ether oxygens (including phenoxy) is 2. The Bertz CT molecular complexity index is 441. The van der Waals surface area contributed by atoms with E-state index in [1.54, 1.807) is 6.07 Å². The molecule has 84 valence electrons. The van der Waals surface area contributed by atoms with Crippen molar-refractivity contribution in [3.8, 4) is 11.5 Å². The van der Waals surface area contributed by atoms with Crippen molar-refractivity contribution in [2.75, 3.05) is 21.3 Å². The summed E-state index contributed by atoms with van der Waals surface area (Å²) in [6.45, 7) is 0. The van der Waals surface area contributed by atoms with Crippen LogP contribution in [0.15, 0.2) is 23.1 Å². The van der Waals surface area contributed by atoms with Gasteiger partial charge in [0.15, 0.2) is 11.5 Å². The quantitative estimate of drug-likeness (QED) is 0.824. The van der Waals surface area contributed by atoms with Gasteiger partial charge >= 0.3 is 0 Å². The number of nitrogens with one attached hydrogen (secondary N) is 1. The summed E-state index contributed by atoms with van der Waals surface area (Å²) in [5.41, 5.74) is 0. The fourth-order valence-corrected chi connectivity index (χ4v) is 1.85. The molecule has 15 heavy (non-hydrogen) atoms. The number of sulfonamides is 1. The maximum absolute atomic E-state index is 11.5. The Morgan fingerprint density at radius 3 is 2.20 bits per heavy atom. The molecule has 0 heterocycles. The second-order valence-corrected chi connectivity index (χ2v) is 4.61. The summed E-state index contributed by atoms with van der Waals surface area (Å²) >= 11 is 0. The Morgan fingerprint density at radius 1 is 1.13 bits per heavy atom. The molecule has 1 aromatic rings. The zero-order valence-electron chi connectivity index (χ0n) is 8.77. The highest BCUT2D eigenvalue weighted by atomic mass is 32.2. The summed E-state index contributed by atoms with van der Waals surface area (Å²) in [7, 11) is 0.854. The van der Waals surface area contributed by atoms with Crippen molar-refractivity contribution in [1.29, 1.82) is 0 Å². The predicted molar refractivity (Wildman–Crippen MR) is 55.8 cm³/mol. The Morgan fingerprint density at radius 2 is 1.73 bits per heavy atom. The van der Waals surface area contributed by atoms with Crippen LogP contribution >= 0.6 is 0 Å². The van der Waals surface area contributed by atoms with Crippen LogP contribution in [-0.4, -0.2) is 29.7 Å². The minimum atomic E-state index is -3.44. The molecule has 0 unspecified atom stereocenters. The fourth-order valence-electron chi connectivity index (χ4n) is 1.10. The normalized spacial score (nSPS) is 11.1. The average molecular weight is 231 g/mol. The van der Waals surface area contributed by atoms with Crippen LogP contribution in [0, 0.1) is 0 Å². The molecule has 0 atom stereocenters. The maximum Gasteiger partial charge on any atom is 0.240 e. The van der Waals surface area contributed by atoms with Crippen molar-refractivity contribution >= 4 is 10.0 Å². The van der Waals surface area contributed by atoms with Crippen LogP contribution in [0.5, 0.6) is 11.5 Å². The number of benzene rings is 1. The van der Waals surface area contributed by atoms with Gasteiger partial charge in [-0.1, -0.05) is 0 Å². The minimum Gasteiger partial charge on any atom is -0.493 e. The molecule has 0 spiro atoms. The van der Waals surface area contributed by atoms with Crippen LogP contribution in [0.2, 0.25) is 0 Å². The number of hydrogen-bond acceptors (Lipinski definition) is 4. The first-order valence-corrected chi connectivity index (χ1v) is 5.69. The predicted octanol–water partition coefficient (Wildman–Crippen LogP) is 0.612. The first kappa shape index (κ1) is 11.8. The Hall–Kier alpha value is -1.27. The lowest BCUT2D eigenvalue weighted by molar-refractivity contribution is 0.354. The molecule has 0 bridgehead atoms. The third-order valence-corrected chi connectivity index (χ3v) is 3.35. The van der Waals surface area contributed by atoms with Crippen molar-refractivity contribution in [3.63, 3.8) is 0 Å². The topological polar surface area (TPSA) is 64.6 Å². The van der Waals surface area contributed by atoms with Crippen molar-refractivity contribution < 1.29 is 17.9 Å². The van der Waals surface area contributed by atoms with Crippen LogP contribution in [-0.2, 0) is 10.0 Å². The van der Waals surface area contributed by atoms with Crippen LogP contribution < -0.4 is 14.2 Å².